The van der Waals surface area contributed by atoms with Crippen LogP contribution in [-0.4, -0.2) is 40.7 Å². The molecular weight excluding hydrogens is 439 g/mol. The first kappa shape index (κ1) is 23.2. The molecule has 1 aromatic carbocycles. The first-order chi connectivity index (χ1) is 14.2. The van der Waals surface area contributed by atoms with Gasteiger partial charge in [-0.2, -0.15) is 23.4 Å². The van der Waals surface area contributed by atoms with E-state index in [0.717, 1.165) is 18.5 Å². The predicted molar refractivity (Wildman–Crippen MR) is 116 cm³/mol. The van der Waals surface area contributed by atoms with E-state index in [9.17, 15) is 13.2 Å². The second kappa shape index (κ2) is 10.1. The van der Waals surface area contributed by atoms with Crippen LogP contribution in [0.1, 0.15) is 18.2 Å². The van der Waals surface area contributed by atoms with Crippen LogP contribution in [0, 0.1) is 0 Å². The molecule has 0 spiro atoms. The zero-order valence-electron chi connectivity index (χ0n) is 16.1. The van der Waals surface area contributed by atoms with Gasteiger partial charge in [-0.15, -0.1) is 0 Å². The van der Waals surface area contributed by atoms with Crippen molar-refractivity contribution in [1.82, 2.24) is 26.5 Å². The van der Waals surface area contributed by atoms with Gasteiger partial charge in [-0.3, -0.25) is 10.9 Å². The van der Waals surface area contributed by atoms with Crippen LogP contribution < -0.4 is 21.5 Å². The van der Waals surface area contributed by atoms with Gasteiger partial charge in [0.2, 0.25) is 0 Å². The zero-order valence-corrected chi connectivity index (χ0v) is 17.7. The highest BCUT2D eigenvalue weighted by molar-refractivity contribution is 7.80. The number of thiocarbonyl (C=S) groups is 2. The molecule has 2 aromatic rings. The molecule has 0 atom stereocenters. The van der Waals surface area contributed by atoms with E-state index in [-0.39, 0.29) is 33.0 Å². The zero-order chi connectivity index (χ0) is 22.3. The Morgan fingerprint density at radius 1 is 1.07 bits per heavy atom. The van der Waals surface area contributed by atoms with E-state index in [1.165, 1.54) is 12.1 Å². The van der Waals surface area contributed by atoms with Gasteiger partial charge in [0.1, 0.15) is 11.4 Å². The largest absolute Gasteiger partial charge is 0.443 e. The Bertz CT molecular complexity index is 986. The Kier molecular flexibility index (Phi) is 7.83. The molecule has 2 rings (SSSR count). The topological polar surface area (TPSA) is 98.9 Å². The molecule has 160 valence electrons. The maximum absolute atomic E-state index is 13.1. The molecule has 0 aliphatic heterocycles. The summed E-state index contributed by atoms with van der Waals surface area (Å²) in [6, 6.07) is 4.69. The fourth-order valence-electron chi connectivity index (χ4n) is 2.17. The van der Waals surface area contributed by atoms with E-state index in [2.05, 4.69) is 36.7 Å². The minimum Gasteiger partial charge on any atom is -0.443 e. The third kappa shape index (κ3) is 5.97. The summed E-state index contributed by atoms with van der Waals surface area (Å²) in [7, 11) is 3.22. The lowest BCUT2D eigenvalue weighted by Crippen LogP contribution is -2.32. The number of aromatic nitrogens is 1. The van der Waals surface area contributed by atoms with Crippen LogP contribution in [0.15, 0.2) is 45.3 Å². The van der Waals surface area contributed by atoms with Crippen molar-refractivity contribution in [2.45, 2.75) is 13.1 Å². The van der Waals surface area contributed by atoms with Gasteiger partial charge in [-0.1, -0.05) is 12.1 Å². The lowest BCUT2D eigenvalue weighted by atomic mass is 10.0. The van der Waals surface area contributed by atoms with Gasteiger partial charge in [0.25, 0.3) is 0 Å². The van der Waals surface area contributed by atoms with Crippen molar-refractivity contribution in [3.8, 4) is 11.3 Å². The van der Waals surface area contributed by atoms with E-state index >= 15 is 0 Å². The maximum Gasteiger partial charge on any atom is 0.416 e. The molecule has 1 heterocycles. The quantitative estimate of drug-likeness (QED) is 0.309. The molecular formula is C17H18F3N7OS2. The minimum absolute atomic E-state index is 0.0859. The van der Waals surface area contributed by atoms with Crippen molar-refractivity contribution in [2.24, 2.45) is 10.2 Å². The number of nitrogens with zero attached hydrogens (tertiary/aromatic N) is 3. The highest BCUT2D eigenvalue weighted by Gasteiger charge is 2.31. The molecule has 8 nitrogen and oxygen atoms in total. The standard InChI is InChI=1S/C17H18F3N7OS2/c1-9(24-26-15(29)21-2)12(25-27-16(30)22-3)13-14(28-8-23-13)10-5-4-6-11(7-10)17(18,19)20/h4-8H,1-3H3,(H2,21,26,29)(H2,22,27,30)/b24-9+,25-12-. The molecule has 0 fully saturated rings. The monoisotopic (exact) mass is 457 g/mol. The van der Waals surface area contributed by atoms with Gasteiger partial charge in [-0.05, 0) is 43.5 Å². The van der Waals surface area contributed by atoms with Gasteiger partial charge in [-0.25, -0.2) is 4.98 Å². The number of benzene rings is 1. The Morgan fingerprint density at radius 2 is 1.70 bits per heavy atom. The second-order valence-electron chi connectivity index (χ2n) is 5.65. The third-order valence-electron chi connectivity index (χ3n) is 3.64. The Hall–Kier alpha value is -3.06. The minimum atomic E-state index is -4.50. The summed E-state index contributed by atoms with van der Waals surface area (Å²) in [6.45, 7) is 1.61. The number of rotatable bonds is 5. The van der Waals surface area contributed by atoms with Crippen molar-refractivity contribution >= 4 is 46.1 Å². The lowest BCUT2D eigenvalue weighted by molar-refractivity contribution is -0.137. The SMILES string of the molecule is CNC(=S)N/N=C(C)/C(=N/NC(=S)NC)c1ncoc1-c1cccc(C(F)(F)F)c1. The molecule has 0 bridgehead atoms. The second-order valence-corrected chi connectivity index (χ2v) is 6.46. The number of alkyl halides is 3. The molecule has 0 radical (unpaired) electrons. The number of hydrazone groups is 2. The summed E-state index contributed by atoms with van der Waals surface area (Å²) in [5.41, 5.74) is 5.24. The summed E-state index contributed by atoms with van der Waals surface area (Å²) in [4.78, 5) is 4.12. The molecule has 0 amide bonds. The molecule has 0 aliphatic rings. The maximum atomic E-state index is 13.1. The molecule has 0 saturated heterocycles. The first-order valence-corrected chi connectivity index (χ1v) is 9.18. The fraction of sp³-hybridized carbons (Fsp3) is 0.235. The number of hydrogen-bond donors (Lipinski definition) is 4. The number of nitrogens with one attached hydrogen (secondary N) is 4. The Balaban J connectivity index is 2.52. The van der Waals surface area contributed by atoms with Gasteiger partial charge < -0.3 is 15.1 Å². The summed E-state index contributed by atoms with van der Waals surface area (Å²) in [6.07, 6.45) is -3.40. The summed E-state index contributed by atoms with van der Waals surface area (Å²) in [5.74, 6) is 0.0859. The van der Waals surface area contributed by atoms with Gasteiger partial charge in [0.05, 0.1) is 11.3 Å². The van der Waals surface area contributed by atoms with E-state index in [1.807, 2.05) is 0 Å². The van der Waals surface area contributed by atoms with Crippen molar-refractivity contribution in [1.29, 1.82) is 0 Å². The molecule has 4 N–H and O–H groups in total. The van der Waals surface area contributed by atoms with Crippen LogP contribution in [0.2, 0.25) is 0 Å². The van der Waals surface area contributed by atoms with Crippen molar-refractivity contribution < 1.29 is 17.6 Å². The van der Waals surface area contributed by atoms with Gasteiger partial charge >= 0.3 is 6.18 Å². The van der Waals surface area contributed by atoms with Crippen LogP contribution in [0.5, 0.6) is 0 Å². The van der Waals surface area contributed by atoms with Crippen molar-refractivity contribution in [3.63, 3.8) is 0 Å². The number of halogens is 3. The van der Waals surface area contributed by atoms with Crippen LogP contribution in [0.3, 0.4) is 0 Å². The number of hydrogen-bond acceptors (Lipinski definition) is 6. The predicted octanol–water partition coefficient (Wildman–Crippen LogP) is 2.63. The number of oxazole rings is 1. The summed E-state index contributed by atoms with van der Waals surface area (Å²) in [5, 5.41) is 14.2. The van der Waals surface area contributed by atoms with Crippen LogP contribution in [0.25, 0.3) is 11.3 Å². The molecule has 30 heavy (non-hydrogen) atoms. The average molecular weight is 458 g/mol. The lowest BCUT2D eigenvalue weighted by Gasteiger charge is -2.10. The van der Waals surface area contributed by atoms with Crippen LogP contribution in [-0.2, 0) is 6.18 Å². The van der Waals surface area contributed by atoms with E-state index < -0.39 is 11.7 Å². The third-order valence-corrected chi connectivity index (χ3v) is 4.23. The van der Waals surface area contributed by atoms with Crippen LogP contribution in [0.4, 0.5) is 13.2 Å². The Labute approximate surface area is 181 Å². The summed E-state index contributed by atoms with van der Waals surface area (Å²) >= 11 is 9.99. The first-order valence-electron chi connectivity index (χ1n) is 8.36. The summed E-state index contributed by atoms with van der Waals surface area (Å²) < 4.78 is 44.7. The van der Waals surface area contributed by atoms with Gasteiger partial charge in [0.15, 0.2) is 22.4 Å². The fourth-order valence-corrected chi connectivity index (χ4v) is 2.26. The van der Waals surface area contributed by atoms with E-state index in [1.54, 1.807) is 21.0 Å². The molecule has 13 heteroatoms. The van der Waals surface area contributed by atoms with E-state index in [0.29, 0.717) is 5.71 Å². The normalized spacial score (nSPS) is 12.3. The molecule has 0 unspecified atom stereocenters. The Morgan fingerprint density at radius 3 is 2.30 bits per heavy atom. The van der Waals surface area contributed by atoms with E-state index in [4.69, 9.17) is 28.9 Å². The van der Waals surface area contributed by atoms with Crippen LogP contribution >= 0.6 is 24.4 Å². The molecule has 1 aromatic heterocycles. The van der Waals surface area contributed by atoms with Crippen molar-refractivity contribution in [2.75, 3.05) is 14.1 Å². The van der Waals surface area contributed by atoms with Gasteiger partial charge in [0, 0.05) is 19.7 Å². The molecule has 0 aliphatic carbocycles. The average Bonchev–Trinajstić information content (AvgIpc) is 3.20. The van der Waals surface area contributed by atoms with Crippen molar-refractivity contribution in [3.05, 3.63) is 41.9 Å². The molecule has 0 saturated carbocycles. The highest BCUT2D eigenvalue weighted by Crippen LogP contribution is 2.33. The highest BCUT2D eigenvalue weighted by atomic mass is 32.1. The smallest absolute Gasteiger partial charge is 0.416 e.